The molecule has 2 aromatic rings. The average Bonchev–Trinajstić information content (AvgIpc) is 2.47. The van der Waals surface area contributed by atoms with Crippen molar-refractivity contribution in [2.45, 2.75) is 0 Å². The molecule has 0 aliphatic heterocycles. The zero-order valence-electron chi connectivity index (χ0n) is 10.5. The van der Waals surface area contributed by atoms with Gasteiger partial charge in [0.05, 0.1) is 11.1 Å². The standard InChI is InChI=1S/C15H7FN2O3/c16-12-2-1-3-14(11(12)8-18)21-13-5-4-9(15(19)20)6-10(13)7-17/h1-6H,(H,19,20). The lowest BCUT2D eigenvalue weighted by atomic mass is 10.1. The molecule has 0 unspecified atom stereocenters. The number of nitriles is 2. The second-order valence-corrected chi connectivity index (χ2v) is 3.95. The first-order valence-corrected chi connectivity index (χ1v) is 5.70. The summed E-state index contributed by atoms with van der Waals surface area (Å²) in [4.78, 5) is 10.8. The first-order chi connectivity index (χ1) is 10.1. The Kier molecular flexibility index (Phi) is 3.83. The van der Waals surface area contributed by atoms with E-state index < -0.39 is 11.8 Å². The molecule has 0 radical (unpaired) electrons. The molecule has 0 bridgehead atoms. The van der Waals surface area contributed by atoms with E-state index >= 15 is 0 Å². The Morgan fingerprint density at radius 3 is 2.52 bits per heavy atom. The van der Waals surface area contributed by atoms with Gasteiger partial charge in [-0.2, -0.15) is 10.5 Å². The molecule has 0 heterocycles. The van der Waals surface area contributed by atoms with Gasteiger partial charge in [0.2, 0.25) is 0 Å². The highest BCUT2D eigenvalue weighted by atomic mass is 19.1. The maximum absolute atomic E-state index is 13.5. The summed E-state index contributed by atoms with van der Waals surface area (Å²) in [6.45, 7) is 0. The van der Waals surface area contributed by atoms with Crippen molar-refractivity contribution in [1.29, 1.82) is 10.5 Å². The van der Waals surface area contributed by atoms with Crippen molar-refractivity contribution in [3.05, 3.63) is 58.9 Å². The molecule has 2 aromatic carbocycles. The fourth-order valence-corrected chi connectivity index (χ4v) is 1.66. The molecule has 0 saturated heterocycles. The van der Waals surface area contributed by atoms with Crippen LogP contribution < -0.4 is 4.74 Å². The van der Waals surface area contributed by atoms with E-state index in [0.29, 0.717) is 0 Å². The zero-order valence-corrected chi connectivity index (χ0v) is 10.5. The molecule has 0 spiro atoms. The molecule has 21 heavy (non-hydrogen) atoms. The van der Waals surface area contributed by atoms with Gasteiger partial charge in [0.1, 0.15) is 35.0 Å². The molecule has 6 heteroatoms. The molecular weight excluding hydrogens is 275 g/mol. The summed E-state index contributed by atoms with van der Waals surface area (Å²) in [6.07, 6.45) is 0. The molecule has 5 nitrogen and oxygen atoms in total. The van der Waals surface area contributed by atoms with Crippen LogP contribution in [-0.4, -0.2) is 11.1 Å². The molecule has 0 saturated carbocycles. The highest BCUT2D eigenvalue weighted by Gasteiger charge is 2.14. The third kappa shape index (κ3) is 2.80. The largest absolute Gasteiger partial charge is 0.478 e. The first kappa shape index (κ1) is 14.0. The topological polar surface area (TPSA) is 94.1 Å². The maximum atomic E-state index is 13.5. The minimum atomic E-state index is -1.18. The number of ether oxygens (including phenoxy) is 1. The van der Waals surface area contributed by atoms with Gasteiger partial charge in [-0.15, -0.1) is 0 Å². The number of aromatic carboxylic acids is 1. The summed E-state index contributed by atoms with van der Waals surface area (Å²) in [5.74, 6) is -1.92. The van der Waals surface area contributed by atoms with Gasteiger partial charge in [-0.25, -0.2) is 9.18 Å². The van der Waals surface area contributed by atoms with E-state index in [-0.39, 0.29) is 28.2 Å². The summed E-state index contributed by atoms with van der Waals surface area (Å²) in [6, 6.07) is 11.0. The second kappa shape index (κ2) is 5.72. The Labute approximate surface area is 119 Å². The van der Waals surface area contributed by atoms with Crippen molar-refractivity contribution in [3.8, 4) is 23.6 Å². The van der Waals surface area contributed by atoms with Crippen LogP contribution >= 0.6 is 0 Å². The van der Waals surface area contributed by atoms with Crippen LogP contribution in [-0.2, 0) is 0 Å². The Bertz CT molecular complexity index is 804. The van der Waals surface area contributed by atoms with E-state index in [1.165, 1.54) is 24.3 Å². The fraction of sp³-hybridized carbons (Fsp3) is 0. The lowest BCUT2D eigenvalue weighted by molar-refractivity contribution is 0.0697. The Morgan fingerprint density at radius 1 is 1.14 bits per heavy atom. The van der Waals surface area contributed by atoms with Crippen molar-refractivity contribution < 1.29 is 19.0 Å². The van der Waals surface area contributed by atoms with Gasteiger partial charge in [-0.05, 0) is 30.3 Å². The van der Waals surface area contributed by atoms with Crippen molar-refractivity contribution >= 4 is 5.97 Å². The van der Waals surface area contributed by atoms with Crippen molar-refractivity contribution in [3.63, 3.8) is 0 Å². The summed E-state index contributed by atoms with van der Waals surface area (Å²) in [7, 11) is 0. The van der Waals surface area contributed by atoms with Crippen LogP contribution in [0.5, 0.6) is 11.5 Å². The van der Waals surface area contributed by atoms with E-state index in [9.17, 15) is 9.18 Å². The zero-order chi connectivity index (χ0) is 15.4. The van der Waals surface area contributed by atoms with Gasteiger partial charge >= 0.3 is 5.97 Å². The molecule has 0 fully saturated rings. The summed E-state index contributed by atoms with van der Waals surface area (Å²) in [5, 5.41) is 26.8. The number of carboxylic acids is 1. The number of hydrogen-bond acceptors (Lipinski definition) is 4. The Hall–Kier alpha value is -3.38. The van der Waals surface area contributed by atoms with Crippen LogP contribution in [0, 0.1) is 28.5 Å². The predicted molar refractivity (Wildman–Crippen MR) is 69.3 cm³/mol. The number of hydrogen-bond donors (Lipinski definition) is 1. The monoisotopic (exact) mass is 282 g/mol. The number of carboxylic acid groups (broad SMARTS) is 1. The minimum Gasteiger partial charge on any atom is -0.478 e. The molecule has 1 N–H and O–H groups in total. The quantitative estimate of drug-likeness (QED) is 0.933. The number of benzene rings is 2. The molecule has 0 amide bonds. The van der Waals surface area contributed by atoms with Crippen molar-refractivity contribution in [2.75, 3.05) is 0 Å². The number of carbonyl (C=O) groups is 1. The second-order valence-electron chi connectivity index (χ2n) is 3.95. The maximum Gasteiger partial charge on any atom is 0.335 e. The molecule has 102 valence electrons. The van der Waals surface area contributed by atoms with Gasteiger partial charge in [0, 0.05) is 0 Å². The van der Waals surface area contributed by atoms with E-state index in [2.05, 4.69) is 0 Å². The van der Waals surface area contributed by atoms with Crippen LogP contribution in [0.15, 0.2) is 36.4 Å². The van der Waals surface area contributed by atoms with E-state index in [1.807, 2.05) is 0 Å². The van der Waals surface area contributed by atoms with E-state index in [4.69, 9.17) is 20.4 Å². The smallest absolute Gasteiger partial charge is 0.335 e. The lowest BCUT2D eigenvalue weighted by Gasteiger charge is -2.09. The van der Waals surface area contributed by atoms with E-state index in [0.717, 1.165) is 12.1 Å². The van der Waals surface area contributed by atoms with Gasteiger partial charge in [-0.3, -0.25) is 0 Å². The third-order valence-electron chi connectivity index (χ3n) is 2.65. The summed E-state index contributed by atoms with van der Waals surface area (Å²) >= 11 is 0. The third-order valence-corrected chi connectivity index (χ3v) is 2.65. The van der Waals surface area contributed by atoms with Crippen LogP contribution in [0.4, 0.5) is 4.39 Å². The number of nitrogens with zero attached hydrogens (tertiary/aromatic N) is 2. The number of halogens is 1. The average molecular weight is 282 g/mol. The lowest BCUT2D eigenvalue weighted by Crippen LogP contribution is -1.99. The molecule has 0 aliphatic rings. The fourth-order valence-electron chi connectivity index (χ4n) is 1.66. The minimum absolute atomic E-state index is 0.0250. The molecule has 0 atom stereocenters. The summed E-state index contributed by atoms with van der Waals surface area (Å²) < 4.78 is 18.8. The Balaban J connectivity index is 2.46. The molecule has 0 aliphatic carbocycles. The molecule has 2 rings (SSSR count). The van der Waals surface area contributed by atoms with Crippen LogP contribution in [0.1, 0.15) is 21.5 Å². The van der Waals surface area contributed by atoms with Gasteiger partial charge in [0.25, 0.3) is 0 Å². The first-order valence-electron chi connectivity index (χ1n) is 5.70. The predicted octanol–water partition coefficient (Wildman–Crippen LogP) is 3.06. The highest BCUT2D eigenvalue weighted by molar-refractivity contribution is 5.88. The SMILES string of the molecule is N#Cc1cc(C(=O)O)ccc1Oc1cccc(F)c1C#N. The van der Waals surface area contributed by atoms with Crippen LogP contribution in [0.3, 0.4) is 0 Å². The van der Waals surface area contributed by atoms with E-state index in [1.54, 1.807) is 12.1 Å². The van der Waals surface area contributed by atoms with Crippen LogP contribution in [0.25, 0.3) is 0 Å². The van der Waals surface area contributed by atoms with Crippen molar-refractivity contribution in [1.82, 2.24) is 0 Å². The van der Waals surface area contributed by atoms with Gasteiger partial charge in [-0.1, -0.05) is 6.07 Å². The molecular formula is C15H7FN2O3. The highest BCUT2D eigenvalue weighted by Crippen LogP contribution is 2.29. The molecule has 0 aromatic heterocycles. The normalized spacial score (nSPS) is 9.48. The van der Waals surface area contributed by atoms with Crippen molar-refractivity contribution in [2.24, 2.45) is 0 Å². The van der Waals surface area contributed by atoms with Crippen LogP contribution in [0.2, 0.25) is 0 Å². The van der Waals surface area contributed by atoms with Gasteiger partial charge in [0.15, 0.2) is 0 Å². The summed E-state index contributed by atoms with van der Waals surface area (Å²) in [5.41, 5.74) is -0.384. The van der Waals surface area contributed by atoms with Gasteiger partial charge < -0.3 is 9.84 Å². The number of rotatable bonds is 3. The Morgan fingerprint density at radius 2 is 1.90 bits per heavy atom.